The van der Waals surface area contributed by atoms with Crippen LogP contribution in [0.1, 0.15) is 17.3 Å². The number of pyridine rings is 1. The Morgan fingerprint density at radius 3 is 2.83 bits per heavy atom. The Labute approximate surface area is 108 Å². The third kappa shape index (κ3) is 2.41. The molecule has 0 amide bonds. The van der Waals surface area contributed by atoms with Crippen molar-refractivity contribution >= 4 is 28.6 Å². The number of carbonyl (C=O) groups is 1. The van der Waals surface area contributed by atoms with Crippen LogP contribution in [0.25, 0.3) is 10.9 Å². The topological polar surface area (TPSA) is 59.2 Å². The van der Waals surface area contributed by atoms with Crippen molar-refractivity contribution in [2.75, 3.05) is 12.9 Å². The maximum Gasteiger partial charge on any atom is 0.343 e. The molecule has 1 aromatic heterocycles. The van der Waals surface area contributed by atoms with Crippen molar-refractivity contribution in [1.82, 2.24) is 4.98 Å². The van der Waals surface area contributed by atoms with Gasteiger partial charge in [0.15, 0.2) is 0 Å². The van der Waals surface area contributed by atoms with Crippen molar-refractivity contribution in [3.8, 4) is 0 Å². The second-order valence-corrected chi connectivity index (χ2v) is 4.57. The van der Waals surface area contributed by atoms with Gasteiger partial charge >= 0.3 is 5.97 Å². The van der Waals surface area contributed by atoms with E-state index in [2.05, 4.69) is 4.98 Å². The third-order valence-corrected chi connectivity index (χ3v) is 3.27. The molecule has 0 spiro atoms. The summed E-state index contributed by atoms with van der Waals surface area (Å²) in [6.45, 7) is 1.96. The molecule has 0 aliphatic carbocycles. The van der Waals surface area contributed by atoms with E-state index in [0.717, 1.165) is 15.8 Å². The number of hydrogen-bond acceptors (Lipinski definition) is 4. The van der Waals surface area contributed by atoms with Crippen LogP contribution in [0.3, 0.4) is 0 Å². The van der Waals surface area contributed by atoms with E-state index in [1.807, 2.05) is 24.5 Å². The van der Waals surface area contributed by atoms with Crippen LogP contribution in [-0.4, -0.2) is 23.8 Å². The Morgan fingerprint density at radius 2 is 2.17 bits per heavy atom. The zero-order valence-corrected chi connectivity index (χ0v) is 11.0. The average molecular weight is 263 g/mol. The molecule has 0 saturated carbocycles. The summed E-state index contributed by atoms with van der Waals surface area (Å²) < 4.78 is 4.84. The van der Waals surface area contributed by atoms with E-state index in [9.17, 15) is 9.59 Å². The van der Waals surface area contributed by atoms with Crippen molar-refractivity contribution in [3.63, 3.8) is 0 Å². The minimum Gasteiger partial charge on any atom is -0.462 e. The second kappa shape index (κ2) is 5.27. The number of aromatic amines is 1. The first-order chi connectivity index (χ1) is 8.65. The Morgan fingerprint density at radius 1 is 1.39 bits per heavy atom. The summed E-state index contributed by atoms with van der Waals surface area (Å²) in [5, 5.41) is 0.815. The predicted octanol–water partition coefficient (Wildman–Crippen LogP) is 2.43. The largest absolute Gasteiger partial charge is 0.462 e. The number of thioether (sulfide) groups is 1. The van der Waals surface area contributed by atoms with Crippen LogP contribution in [0.4, 0.5) is 0 Å². The van der Waals surface area contributed by atoms with Gasteiger partial charge < -0.3 is 9.72 Å². The van der Waals surface area contributed by atoms with E-state index < -0.39 is 11.5 Å². The highest BCUT2D eigenvalue weighted by Crippen LogP contribution is 2.20. The summed E-state index contributed by atoms with van der Waals surface area (Å²) >= 11 is 1.59. The van der Waals surface area contributed by atoms with Crippen molar-refractivity contribution < 1.29 is 9.53 Å². The number of rotatable bonds is 3. The van der Waals surface area contributed by atoms with Crippen LogP contribution < -0.4 is 5.56 Å². The van der Waals surface area contributed by atoms with Crippen molar-refractivity contribution in [2.24, 2.45) is 0 Å². The lowest BCUT2D eigenvalue weighted by molar-refractivity contribution is 0.0524. The Hall–Kier alpha value is -1.75. The number of hydrogen-bond donors (Lipinski definition) is 1. The van der Waals surface area contributed by atoms with Gasteiger partial charge in [0, 0.05) is 10.4 Å². The van der Waals surface area contributed by atoms with Crippen LogP contribution in [0.5, 0.6) is 0 Å². The van der Waals surface area contributed by atoms with E-state index in [1.54, 1.807) is 24.8 Å². The molecule has 0 aliphatic heterocycles. The van der Waals surface area contributed by atoms with Gasteiger partial charge in [-0.2, -0.15) is 0 Å². The fraction of sp³-hybridized carbons (Fsp3) is 0.231. The highest BCUT2D eigenvalue weighted by molar-refractivity contribution is 7.98. The number of aromatic nitrogens is 1. The number of benzene rings is 1. The van der Waals surface area contributed by atoms with Crippen LogP contribution in [0.2, 0.25) is 0 Å². The maximum atomic E-state index is 11.8. The first-order valence-electron chi connectivity index (χ1n) is 5.54. The molecule has 0 atom stereocenters. The second-order valence-electron chi connectivity index (χ2n) is 3.69. The van der Waals surface area contributed by atoms with Crippen molar-refractivity contribution in [3.05, 3.63) is 40.2 Å². The fourth-order valence-corrected chi connectivity index (χ4v) is 2.11. The lowest BCUT2D eigenvalue weighted by Gasteiger charge is -2.04. The Kier molecular flexibility index (Phi) is 3.72. The molecule has 5 heteroatoms. The molecule has 0 aliphatic rings. The molecule has 1 heterocycles. The number of ether oxygens (including phenoxy) is 1. The van der Waals surface area contributed by atoms with E-state index >= 15 is 0 Å². The molecule has 0 unspecified atom stereocenters. The number of nitrogens with one attached hydrogen (secondary N) is 1. The zero-order chi connectivity index (χ0) is 13.1. The molecule has 0 saturated heterocycles. The first kappa shape index (κ1) is 12.7. The van der Waals surface area contributed by atoms with Crippen LogP contribution >= 0.6 is 11.8 Å². The number of H-pyrrole nitrogens is 1. The smallest absolute Gasteiger partial charge is 0.343 e. The highest BCUT2D eigenvalue weighted by Gasteiger charge is 2.12. The minimum atomic E-state index is -0.588. The lowest BCUT2D eigenvalue weighted by atomic mass is 10.1. The summed E-state index contributed by atoms with van der Waals surface area (Å²) in [5.41, 5.74) is 0.348. The van der Waals surface area contributed by atoms with Gasteiger partial charge in [-0.05, 0) is 36.8 Å². The molecule has 1 N–H and O–H groups in total. The van der Waals surface area contributed by atoms with Gasteiger partial charge in [-0.25, -0.2) is 4.79 Å². The van der Waals surface area contributed by atoms with Gasteiger partial charge in [-0.3, -0.25) is 4.79 Å². The fourth-order valence-electron chi connectivity index (χ4n) is 1.67. The lowest BCUT2D eigenvalue weighted by Crippen LogP contribution is -2.19. The molecular weight excluding hydrogens is 250 g/mol. The summed E-state index contributed by atoms with van der Waals surface area (Å²) in [6.07, 6.45) is 1.96. The van der Waals surface area contributed by atoms with E-state index in [1.165, 1.54) is 0 Å². The van der Waals surface area contributed by atoms with Crippen LogP contribution in [0, 0.1) is 0 Å². The molecule has 94 valence electrons. The van der Waals surface area contributed by atoms with Gasteiger partial charge in [0.1, 0.15) is 5.56 Å². The SMILES string of the molecule is CCOC(=O)c1cc2ccc(SC)cc2[nH]c1=O. The van der Waals surface area contributed by atoms with E-state index in [0.29, 0.717) is 0 Å². The molecule has 0 radical (unpaired) electrons. The van der Waals surface area contributed by atoms with Crippen molar-refractivity contribution in [1.29, 1.82) is 0 Å². The van der Waals surface area contributed by atoms with Crippen molar-refractivity contribution in [2.45, 2.75) is 11.8 Å². The zero-order valence-electron chi connectivity index (χ0n) is 10.1. The van der Waals surface area contributed by atoms with Gasteiger partial charge in [-0.15, -0.1) is 11.8 Å². The van der Waals surface area contributed by atoms with E-state index in [-0.39, 0.29) is 12.2 Å². The normalized spacial score (nSPS) is 10.6. The third-order valence-electron chi connectivity index (χ3n) is 2.55. The summed E-state index contributed by atoms with van der Waals surface area (Å²) in [7, 11) is 0. The van der Waals surface area contributed by atoms with Gasteiger partial charge in [0.2, 0.25) is 0 Å². The monoisotopic (exact) mass is 263 g/mol. The van der Waals surface area contributed by atoms with Crippen LogP contribution in [-0.2, 0) is 4.74 Å². The minimum absolute atomic E-state index is 0.0428. The molecule has 1 aromatic carbocycles. The molecule has 2 aromatic rings. The van der Waals surface area contributed by atoms with Gasteiger partial charge in [-0.1, -0.05) is 6.07 Å². The van der Waals surface area contributed by atoms with Crippen LogP contribution in [0.15, 0.2) is 34.0 Å². The van der Waals surface area contributed by atoms with Gasteiger partial charge in [0.25, 0.3) is 5.56 Å². The predicted molar refractivity (Wildman–Crippen MR) is 72.3 cm³/mol. The molecule has 0 bridgehead atoms. The number of esters is 1. The van der Waals surface area contributed by atoms with E-state index in [4.69, 9.17) is 4.74 Å². The average Bonchev–Trinajstić information content (AvgIpc) is 2.37. The standard InChI is InChI=1S/C13H13NO3S/c1-3-17-13(16)10-6-8-4-5-9(18-2)7-11(8)14-12(10)15/h4-7H,3H2,1-2H3,(H,14,15). The summed E-state index contributed by atoms with van der Waals surface area (Å²) in [6, 6.07) is 7.27. The molecule has 2 rings (SSSR count). The number of carbonyl (C=O) groups excluding carboxylic acids is 1. The number of fused-ring (bicyclic) bond motifs is 1. The van der Waals surface area contributed by atoms with Gasteiger partial charge in [0.05, 0.1) is 6.61 Å². The summed E-state index contributed by atoms with van der Waals surface area (Å²) in [4.78, 5) is 27.1. The Bertz CT molecular complexity index is 648. The molecule has 18 heavy (non-hydrogen) atoms. The maximum absolute atomic E-state index is 11.8. The summed E-state index contributed by atoms with van der Waals surface area (Å²) in [5.74, 6) is -0.588. The Balaban J connectivity index is 2.56. The quantitative estimate of drug-likeness (QED) is 0.682. The highest BCUT2D eigenvalue weighted by atomic mass is 32.2. The molecule has 0 fully saturated rings. The first-order valence-corrected chi connectivity index (χ1v) is 6.76. The molecule has 4 nitrogen and oxygen atoms in total. The molecular formula is C13H13NO3S.